The zero-order valence-electron chi connectivity index (χ0n) is 13.4. The van der Waals surface area contributed by atoms with Crippen LogP contribution < -0.4 is 10.1 Å². The van der Waals surface area contributed by atoms with Crippen LogP contribution in [0.25, 0.3) is 11.3 Å². The molecule has 3 rings (SSSR count). The minimum Gasteiger partial charge on any atom is -0.497 e. The van der Waals surface area contributed by atoms with Gasteiger partial charge in [-0.1, -0.05) is 41.6 Å². The lowest BCUT2D eigenvalue weighted by atomic mass is 10.1. The standard InChI is InChI=1S/C19H18N2O3/c1-23-17-9-5-8-15(12-17)19(22)20-11-10-16-13-18(24-21-16)14-6-3-2-4-7-14/h2-9,12-13H,10-11H2,1H3,(H,20,22). The fourth-order valence-corrected chi connectivity index (χ4v) is 2.34. The van der Waals surface area contributed by atoms with Crippen molar-refractivity contribution in [3.63, 3.8) is 0 Å². The molecule has 0 saturated heterocycles. The van der Waals surface area contributed by atoms with E-state index in [1.165, 1.54) is 0 Å². The molecular weight excluding hydrogens is 304 g/mol. The molecule has 0 spiro atoms. The second kappa shape index (κ2) is 7.46. The highest BCUT2D eigenvalue weighted by molar-refractivity contribution is 5.94. The summed E-state index contributed by atoms with van der Waals surface area (Å²) in [7, 11) is 1.58. The Morgan fingerprint density at radius 1 is 1.12 bits per heavy atom. The molecule has 5 heteroatoms. The van der Waals surface area contributed by atoms with Gasteiger partial charge >= 0.3 is 0 Å². The van der Waals surface area contributed by atoms with Crippen molar-refractivity contribution in [3.05, 3.63) is 71.9 Å². The Bertz CT molecular complexity index is 812. The summed E-state index contributed by atoms with van der Waals surface area (Å²) in [5.41, 5.74) is 2.36. The van der Waals surface area contributed by atoms with Crippen molar-refractivity contribution in [1.82, 2.24) is 10.5 Å². The third-order valence-corrected chi connectivity index (χ3v) is 3.62. The number of benzene rings is 2. The van der Waals surface area contributed by atoms with Crippen LogP contribution in [0.15, 0.2) is 65.2 Å². The molecule has 0 aliphatic carbocycles. The van der Waals surface area contributed by atoms with Gasteiger partial charge in [0.1, 0.15) is 5.75 Å². The first-order valence-electron chi connectivity index (χ1n) is 7.69. The van der Waals surface area contributed by atoms with Gasteiger partial charge in [0.15, 0.2) is 5.76 Å². The fourth-order valence-electron chi connectivity index (χ4n) is 2.34. The van der Waals surface area contributed by atoms with Gasteiger partial charge in [0, 0.05) is 30.2 Å². The number of carbonyl (C=O) groups excluding carboxylic acids is 1. The van der Waals surface area contributed by atoms with Gasteiger partial charge in [-0.25, -0.2) is 0 Å². The average Bonchev–Trinajstić information content (AvgIpc) is 3.11. The lowest BCUT2D eigenvalue weighted by Gasteiger charge is -2.05. The second-order valence-corrected chi connectivity index (χ2v) is 5.29. The van der Waals surface area contributed by atoms with Crippen LogP contribution in [0, 0.1) is 0 Å². The summed E-state index contributed by atoms with van der Waals surface area (Å²) < 4.78 is 10.5. The molecule has 3 aromatic rings. The minimum atomic E-state index is -0.138. The van der Waals surface area contributed by atoms with E-state index in [-0.39, 0.29) is 5.91 Å². The molecule has 24 heavy (non-hydrogen) atoms. The summed E-state index contributed by atoms with van der Waals surface area (Å²) in [6.07, 6.45) is 0.603. The first-order valence-corrected chi connectivity index (χ1v) is 7.69. The molecule has 0 radical (unpaired) electrons. The van der Waals surface area contributed by atoms with E-state index in [0.717, 1.165) is 17.0 Å². The number of aromatic nitrogens is 1. The molecule has 2 aromatic carbocycles. The van der Waals surface area contributed by atoms with Gasteiger partial charge in [0.05, 0.1) is 12.8 Å². The van der Waals surface area contributed by atoms with Crippen LogP contribution in [0.1, 0.15) is 16.1 Å². The summed E-state index contributed by atoms with van der Waals surface area (Å²) in [5, 5.41) is 6.91. The normalized spacial score (nSPS) is 10.4. The van der Waals surface area contributed by atoms with Crippen molar-refractivity contribution in [3.8, 4) is 17.1 Å². The maximum absolute atomic E-state index is 12.1. The highest BCUT2D eigenvalue weighted by Crippen LogP contribution is 2.19. The molecule has 0 bridgehead atoms. The maximum atomic E-state index is 12.1. The topological polar surface area (TPSA) is 64.4 Å². The molecule has 0 atom stereocenters. The van der Waals surface area contributed by atoms with Gasteiger partial charge in [-0.15, -0.1) is 0 Å². The third-order valence-electron chi connectivity index (χ3n) is 3.62. The number of nitrogens with one attached hydrogen (secondary N) is 1. The monoisotopic (exact) mass is 322 g/mol. The quantitative estimate of drug-likeness (QED) is 0.756. The number of methoxy groups -OCH3 is 1. The van der Waals surface area contributed by atoms with Gasteiger partial charge in [0.25, 0.3) is 5.91 Å². The van der Waals surface area contributed by atoms with E-state index >= 15 is 0 Å². The van der Waals surface area contributed by atoms with Crippen molar-refractivity contribution in [2.24, 2.45) is 0 Å². The molecule has 0 saturated carbocycles. The zero-order valence-corrected chi connectivity index (χ0v) is 13.4. The minimum absolute atomic E-state index is 0.138. The predicted molar refractivity (Wildman–Crippen MR) is 91.0 cm³/mol. The molecule has 122 valence electrons. The number of hydrogen-bond donors (Lipinski definition) is 1. The highest BCUT2D eigenvalue weighted by Gasteiger charge is 2.09. The molecule has 0 aliphatic heterocycles. The number of amides is 1. The van der Waals surface area contributed by atoms with Crippen LogP contribution in [0.3, 0.4) is 0 Å². The van der Waals surface area contributed by atoms with Crippen molar-refractivity contribution >= 4 is 5.91 Å². The smallest absolute Gasteiger partial charge is 0.251 e. The summed E-state index contributed by atoms with van der Waals surface area (Å²) in [4.78, 5) is 12.1. The van der Waals surface area contributed by atoms with E-state index in [1.807, 2.05) is 36.4 Å². The summed E-state index contributed by atoms with van der Waals surface area (Å²) >= 11 is 0. The fraction of sp³-hybridized carbons (Fsp3) is 0.158. The third kappa shape index (κ3) is 3.81. The van der Waals surface area contributed by atoms with Crippen LogP contribution in [0.4, 0.5) is 0 Å². The Labute approximate surface area is 140 Å². The Kier molecular flexibility index (Phi) is 4.91. The van der Waals surface area contributed by atoms with Gasteiger partial charge in [0.2, 0.25) is 0 Å². The van der Waals surface area contributed by atoms with Gasteiger partial charge < -0.3 is 14.6 Å². The van der Waals surface area contributed by atoms with E-state index in [4.69, 9.17) is 9.26 Å². The van der Waals surface area contributed by atoms with Crippen molar-refractivity contribution < 1.29 is 14.1 Å². The first-order chi connectivity index (χ1) is 11.8. The molecule has 0 aliphatic rings. The molecule has 1 aromatic heterocycles. The second-order valence-electron chi connectivity index (χ2n) is 5.29. The molecule has 0 unspecified atom stereocenters. The Hall–Kier alpha value is -3.08. The number of rotatable bonds is 6. The Morgan fingerprint density at radius 3 is 2.75 bits per heavy atom. The van der Waals surface area contributed by atoms with Crippen LogP contribution in [-0.2, 0) is 6.42 Å². The molecular formula is C19H18N2O3. The van der Waals surface area contributed by atoms with E-state index in [1.54, 1.807) is 31.4 Å². The number of carbonyl (C=O) groups is 1. The van der Waals surface area contributed by atoms with Gasteiger partial charge in [-0.3, -0.25) is 4.79 Å². The molecule has 0 fully saturated rings. The highest BCUT2D eigenvalue weighted by atomic mass is 16.5. The van der Waals surface area contributed by atoms with Crippen LogP contribution in [0.5, 0.6) is 5.75 Å². The van der Waals surface area contributed by atoms with E-state index < -0.39 is 0 Å². The van der Waals surface area contributed by atoms with Crippen LogP contribution in [-0.4, -0.2) is 24.7 Å². The number of ether oxygens (including phenoxy) is 1. The lowest BCUT2D eigenvalue weighted by Crippen LogP contribution is -2.25. The van der Waals surface area contributed by atoms with Gasteiger partial charge in [-0.2, -0.15) is 0 Å². The number of nitrogens with zero attached hydrogens (tertiary/aromatic N) is 1. The van der Waals surface area contributed by atoms with Crippen molar-refractivity contribution in [1.29, 1.82) is 0 Å². The predicted octanol–water partition coefficient (Wildman–Crippen LogP) is 3.32. The lowest BCUT2D eigenvalue weighted by molar-refractivity contribution is 0.0953. The van der Waals surface area contributed by atoms with E-state index in [0.29, 0.717) is 24.3 Å². The Morgan fingerprint density at radius 2 is 1.96 bits per heavy atom. The average molecular weight is 322 g/mol. The van der Waals surface area contributed by atoms with Crippen LogP contribution >= 0.6 is 0 Å². The summed E-state index contributed by atoms with van der Waals surface area (Å²) in [6, 6.07) is 18.7. The Balaban J connectivity index is 1.55. The van der Waals surface area contributed by atoms with Gasteiger partial charge in [-0.05, 0) is 18.2 Å². The SMILES string of the molecule is COc1cccc(C(=O)NCCc2cc(-c3ccccc3)on2)c1. The number of hydrogen-bond acceptors (Lipinski definition) is 4. The largest absolute Gasteiger partial charge is 0.497 e. The van der Waals surface area contributed by atoms with E-state index in [9.17, 15) is 4.79 Å². The molecule has 1 N–H and O–H groups in total. The zero-order chi connectivity index (χ0) is 16.8. The molecule has 1 amide bonds. The van der Waals surface area contributed by atoms with Crippen molar-refractivity contribution in [2.45, 2.75) is 6.42 Å². The van der Waals surface area contributed by atoms with Crippen molar-refractivity contribution in [2.75, 3.05) is 13.7 Å². The maximum Gasteiger partial charge on any atom is 0.251 e. The van der Waals surface area contributed by atoms with E-state index in [2.05, 4.69) is 10.5 Å². The summed E-state index contributed by atoms with van der Waals surface area (Å²) in [6.45, 7) is 0.483. The van der Waals surface area contributed by atoms with Crippen LogP contribution in [0.2, 0.25) is 0 Å². The molecule has 1 heterocycles. The summed E-state index contributed by atoms with van der Waals surface area (Å²) in [5.74, 6) is 1.25. The molecule has 5 nitrogen and oxygen atoms in total. The first kappa shape index (κ1) is 15.8.